The fraction of sp³-hybridized carbons (Fsp3) is 0.263. The van der Waals surface area contributed by atoms with Crippen LogP contribution in [0.5, 0.6) is 5.75 Å². The first-order valence-corrected chi connectivity index (χ1v) is 7.95. The number of amides is 1. The van der Waals surface area contributed by atoms with Crippen LogP contribution >= 0.6 is 0 Å². The van der Waals surface area contributed by atoms with Gasteiger partial charge in [-0.25, -0.2) is 4.79 Å². The Morgan fingerprint density at radius 2 is 1.92 bits per heavy atom. The maximum atomic E-state index is 12.3. The number of aliphatic carboxylic acids is 1. The van der Waals surface area contributed by atoms with E-state index < -0.39 is 5.97 Å². The summed E-state index contributed by atoms with van der Waals surface area (Å²) >= 11 is 0. The van der Waals surface area contributed by atoms with Gasteiger partial charge in [0.1, 0.15) is 5.75 Å². The fourth-order valence-electron chi connectivity index (χ4n) is 2.89. The van der Waals surface area contributed by atoms with Gasteiger partial charge in [-0.15, -0.1) is 0 Å². The summed E-state index contributed by atoms with van der Waals surface area (Å²) in [6.07, 6.45) is 3.29. The molecule has 0 aromatic heterocycles. The van der Waals surface area contributed by atoms with E-state index in [1.807, 2.05) is 24.3 Å². The molecule has 0 saturated carbocycles. The van der Waals surface area contributed by atoms with Crippen molar-refractivity contribution in [3.05, 3.63) is 64.7 Å². The van der Waals surface area contributed by atoms with Crippen molar-refractivity contribution in [2.75, 3.05) is 6.61 Å². The molecule has 0 spiro atoms. The zero-order chi connectivity index (χ0) is 16.9. The Labute approximate surface area is 140 Å². The van der Waals surface area contributed by atoms with Crippen molar-refractivity contribution >= 4 is 11.9 Å². The van der Waals surface area contributed by atoms with Crippen molar-refractivity contribution in [2.24, 2.45) is 0 Å². The van der Waals surface area contributed by atoms with E-state index >= 15 is 0 Å². The number of hydrogen-bond donors (Lipinski definition) is 2. The number of carbonyl (C=O) groups is 2. The summed E-state index contributed by atoms with van der Waals surface area (Å²) in [4.78, 5) is 22.8. The molecule has 1 aliphatic rings. The number of hydrogen-bond acceptors (Lipinski definition) is 3. The average molecular weight is 325 g/mol. The second kappa shape index (κ2) is 7.17. The Kier molecular flexibility index (Phi) is 4.79. The average Bonchev–Trinajstić information content (AvgIpc) is 3.06. The van der Waals surface area contributed by atoms with Gasteiger partial charge in [-0.2, -0.15) is 0 Å². The molecule has 2 aromatic carbocycles. The molecule has 0 saturated heterocycles. The molecule has 0 fully saturated rings. The first-order valence-electron chi connectivity index (χ1n) is 7.95. The number of ether oxygens (including phenoxy) is 1. The van der Waals surface area contributed by atoms with Crippen LogP contribution in [0.2, 0.25) is 0 Å². The van der Waals surface area contributed by atoms with E-state index in [0.717, 1.165) is 24.8 Å². The highest BCUT2D eigenvalue weighted by atomic mass is 16.5. The SMILES string of the molecule is O=C(O)COc1cccc(CNC(=O)c2ccc3c(c2)CCC3)c1. The third kappa shape index (κ3) is 3.93. The molecule has 2 aromatic rings. The van der Waals surface area contributed by atoms with Crippen LogP contribution in [0.1, 0.15) is 33.5 Å². The molecule has 0 heterocycles. The molecule has 3 rings (SSSR count). The van der Waals surface area contributed by atoms with Crippen molar-refractivity contribution in [3.8, 4) is 5.75 Å². The second-order valence-corrected chi connectivity index (χ2v) is 5.85. The molecule has 0 aliphatic heterocycles. The Balaban J connectivity index is 1.60. The van der Waals surface area contributed by atoms with E-state index in [-0.39, 0.29) is 12.5 Å². The van der Waals surface area contributed by atoms with E-state index in [1.165, 1.54) is 11.1 Å². The molecule has 0 bridgehead atoms. The van der Waals surface area contributed by atoms with Gasteiger partial charge in [0.05, 0.1) is 0 Å². The van der Waals surface area contributed by atoms with Gasteiger partial charge >= 0.3 is 5.97 Å². The monoisotopic (exact) mass is 325 g/mol. The van der Waals surface area contributed by atoms with Crippen molar-refractivity contribution in [1.82, 2.24) is 5.32 Å². The van der Waals surface area contributed by atoms with Crippen LogP contribution in [0.4, 0.5) is 0 Å². The third-order valence-electron chi connectivity index (χ3n) is 4.07. The maximum absolute atomic E-state index is 12.3. The number of nitrogens with one attached hydrogen (secondary N) is 1. The van der Waals surface area contributed by atoms with Crippen LogP contribution in [-0.4, -0.2) is 23.6 Å². The summed E-state index contributed by atoms with van der Waals surface area (Å²) in [7, 11) is 0. The fourth-order valence-corrected chi connectivity index (χ4v) is 2.89. The zero-order valence-corrected chi connectivity index (χ0v) is 13.2. The minimum absolute atomic E-state index is 0.110. The van der Waals surface area contributed by atoms with E-state index in [2.05, 4.69) is 5.32 Å². The molecule has 1 aliphatic carbocycles. The Morgan fingerprint density at radius 1 is 1.08 bits per heavy atom. The Morgan fingerprint density at radius 3 is 2.75 bits per heavy atom. The number of carboxylic acid groups (broad SMARTS) is 1. The highest BCUT2D eigenvalue weighted by molar-refractivity contribution is 5.94. The third-order valence-corrected chi connectivity index (χ3v) is 4.07. The molecule has 5 heteroatoms. The number of benzene rings is 2. The minimum Gasteiger partial charge on any atom is -0.482 e. The minimum atomic E-state index is -1.02. The van der Waals surface area contributed by atoms with Crippen molar-refractivity contribution in [1.29, 1.82) is 0 Å². The van der Waals surface area contributed by atoms with Crippen LogP contribution in [0.3, 0.4) is 0 Å². The van der Waals surface area contributed by atoms with Crippen molar-refractivity contribution in [2.45, 2.75) is 25.8 Å². The summed E-state index contributed by atoms with van der Waals surface area (Å²) in [5.74, 6) is -0.659. The maximum Gasteiger partial charge on any atom is 0.341 e. The van der Waals surface area contributed by atoms with Gasteiger partial charge in [0.25, 0.3) is 5.91 Å². The molecule has 0 unspecified atom stereocenters. The van der Waals surface area contributed by atoms with Crippen molar-refractivity contribution in [3.63, 3.8) is 0 Å². The predicted octanol–water partition coefficient (Wildman–Crippen LogP) is 2.57. The number of aryl methyl sites for hydroxylation is 2. The van der Waals surface area contributed by atoms with Gasteiger partial charge in [-0.05, 0) is 60.2 Å². The second-order valence-electron chi connectivity index (χ2n) is 5.85. The molecular weight excluding hydrogens is 306 g/mol. The predicted molar refractivity (Wildman–Crippen MR) is 89.2 cm³/mol. The van der Waals surface area contributed by atoms with Gasteiger partial charge in [0, 0.05) is 12.1 Å². The number of carboxylic acids is 1. The summed E-state index contributed by atoms with van der Waals surface area (Å²) < 4.78 is 5.14. The lowest BCUT2D eigenvalue weighted by Crippen LogP contribution is -2.23. The molecular formula is C19H19NO4. The number of fused-ring (bicyclic) bond motifs is 1. The Hall–Kier alpha value is -2.82. The molecule has 2 N–H and O–H groups in total. The highest BCUT2D eigenvalue weighted by Gasteiger charge is 2.13. The van der Waals surface area contributed by atoms with Gasteiger partial charge in [0.2, 0.25) is 0 Å². The molecule has 0 radical (unpaired) electrons. The van der Waals surface area contributed by atoms with Crippen LogP contribution in [0.15, 0.2) is 42.5 Å². The van der Waals surface area contributed by atoms with Crippen molar-refractivity contribution < 1.29 is 19.4 Å². The van der Waals surface area contributed by atoms with Crippen LogP contribution in [0, 0.1) is 0 Å². The standard InChI is InChI=1S/C19H19NO4/c21-18(22)12-24-17-6-1-3-13(9-17)11-20-19(23)16-8-7-14-4-2-5-15(14)10-16/h1,3,6-10H,2,4-5,11-12H2,(H,20,23)(H,21,22). The smallest absolute Gasteiger partial charge is 0.341 e. The summed E-state index contributed by atoms with van der Waals surface area (Å²) in [5.41, 5.74) is 4.14. The molecule has 5 nitrogen and oxygen atoms in total. The van der Waals surface area contributed by atoms with Gasteiger partial charge < -0.3 is 15.2 Å². The summed E-state index contributed by atoms with van der Waals surface area (Å²) in [6.45, 7) is -0.0227. The summed E-state index contributed by atoms with van der Waals surface area (Å²) in [5, 5.41) is 11.5. The molecule has 0 atom stereocenters. The number of rotatable bonds is 6. The van der Waals surface area contributed by atoms with Gasteiger partial charge in [0.15, 0.2) is 6.61 Å². The van der Waals surface area contributed by atoms with Crippen LogP contribution in [0.25, 0.3) is 0 Å². The zero-order valence-electron chi connectivity index (χ0n) is 13.2. The molecule has 124 valence electrons. The first kappa shape index (κ1) is 16.1. The lowest BCUT2D eigenvalue weighted by molar-refractivity contribution is -0.139. The Bertz CT molecular complexity index is 770. The van der Waals surface area contributed by atoms with E-state index in [9.17, 15) is 9.59 Å². The van der Waals surface area contributed by atoms with Gasteiger partial charge in [-0.3, -0.25) is 4.79 Å². The van der Waals surface area contributed by atoms with Gasteiger partial charge in [-0.1, -0.05) is 18.2 Å². The number of carbonyl (C=O) groups excluding carboxylic acids is 1. The lowest BCUT2D eigenvalue weighted by atomic mass is 10.1. The summed E-state index contributed by atoms with van der Waals surface area (Å²) in [6, 6.07) is 12.9. The topological polar surface area (TPSA) is 75.6 Å². The largest absolute Gasteiger partial charge is 0.482 e. The van der Waals surface area contributed by atoms with E-state index in [4.69, 9.17) is 9.84 Å². The molecule has 1 amide bonds. The van der Waals surface area contributed by atoms with Crippen LogP contribution < -0.4 is 10.1 Å². The quantitative estimate of drug-likeness (QED) is 0.856. The molecule has 24 heavy (non-hydrogen) atoms. The highest BCUT2D eigenvalue weighted by Crippen LogP contribution is 2.22. The first-order chi connectivity index (χ1) is 11.6. The van der Waals surface area contributed by atoms with E-state index in [0.29, 0.717) is 17.9 Å². The van der Waals surface area contributed by atoms with Crippen LogP contribution in [-0.2, 0) is 24.2 Å². The van der Waals surface area contributed by atoms with E-state index in [1.54, 1.807) is 18.2 Å². The normalized spacial score (nSPS) is 12.5. The lowest BCUT2D eigenvalue weighted by Gasteiger charge is -2.09.